The first-order chi connectivity index (χ1) is 9.51. The van der Waals surface area contributed by atoms with Gasteiger partial charge in [0, 0.05) is 19.8 Å². The van der Waals surface area contributed by atoms with Crippen molar-refractivity contribution in [2.75, 3.05) is 59.7 Å². The van der Waals surface area contributed by atoms with Gasteiger partial charge >= 0.3 is 8.80 Å². The van der Waals surface area contributed by atoms with E-state index in [0.29, 0.717) is 43.4 Å². The van der Waals surface area contributed by atoms with E-state index < -0.39 is 8.80 Å². The Labute approximate surface area is 136 Å². The van der Waals surface area contributed by atoms with Crippen LogP contribution in [0.5, 0.6) is 0 Å². The van der Waals surface area contributed by atoms with Crippen LogP contribution in [-0.2, 0) is 13.3 Å². The smallest absolute Gasteiger partial charge is 0.506 e. The van der Waals surface area contributed by atoms with Crippen molar-refractivity contribution in [3.8, 4) is 0 Å². The van der Waals surface area contributed by atoms with Crippen molar-refractivity contribution in [2.45, 2.75) is 26.8 Å². The fraction of sp³-hybridized carbons (Fsp3) is 1.00. The van der Waals surface area contributed by atoms with Crippen LogP contribution in [-0.4, -0.2) is 83.2 Å². The Bertz CT molecular complexity index is 226. The van der Waals surface area contributed by atoms with Crippen molar-refractivity contribution >= 4 is 8.80 Å². The van der Waals surface area contributed by atoms with Gasteiger partial charge in [0.15, 0.2) is 0 Å². The molecule has 0 amide bonds. The largest absolute Gasteiger partial charge is 1.00 e. The van der Waals surface area contributed by atoms with Gasteiger partial charge in [-0.05, 0) is 20.8 Å². The predicted molar refractivity (Wildman–Crippen MR) is 80.4 cm³/mol. The Morgan fingerprint density at radius 2 is 1.19 bits per heavy atom. The van der Waals surface area contributed by atoms with Gasteiger partial charge in [-0.2, -0.15) is 0 Å². The standard InChI is InChI=1S/C13H32NO5Si.ClH/c1-5-17-20(18-6-2,19-7-3)13-10-14(4,8-11-15)9-12-16;/h15-16H,5-13H2,1-4H3;1H/q+1;/p-1. The van der Waals surface area contributed by atoms with E-state index in [-0.39, 0.29) is 25.6 Å². The highest BCUT2D eigenvalue weighted by Crippen LogP contribution is 2.18. The second-order valence-corrected chi connectivity index (χ2v) is 7.70. The van der Waals surface area contributed by atoms with Crippen LogP contribution in [0.3, 0.4) is 0 Å². The third-order valence-electron chi connectivity index (χ3n) is 3.33. The summed E-state index contributed by atoms with van der Waals surface area (Å²) in [6.07, 6.45) is 0. The van der Waals surface area contributed by atoms with E-state index in [1.165, 1.54) is 0 Å². The number of likely N-dealkylation sites (N-methyl/N-ethyl adjacent to an activating group) is 1. The van der Waals surface area contributed by atoms with Crippen molar-refractivity contribution in [2.24, 2.45) is 0 Å². The predicted octanol–water partition coefficient (Wildman–Crippen LogP) is -2.53. The minimum absolute atomic E-state index is 0. The van der Waals surface area contributed by atoms with Crippen molar-refractivity contribution < 1.29 is 40.4 Å². The third kappa shape index (κ3) is 9.10. The molecule has 0 aromatic heterocycles. The number of rotatable bonds is 13. The molecule has 0 aliphatic heterocycles. The summed E-state index contributed by atoms with van der Waals surface area (Å²) in [5, 5.41) is 18.4. The van der Waals surface area contributed by atoms with Crippen LogP contribution in [0.4, 0.5) is 0 Å². The zero-order valence-electron chi connectivity index (χ0n) is 13.8. The first kappa shape index (κ1) is 23.5. The molecule has 0 radical (unpaired) electrons. The van der Waals surface area contributed by atoms with Crippen LogP contribution in [0.15, 0.2) is 0 Å². The Kier molecular flexibility index (Phi) is 14.3. The van der Waals surface area contributed by atoms with Gasteiger partial charge in [-0.25, -0.2) is 0 Å². The molecular formula is C13H32ClNO5Si. The van der Waals surface area contributed by atoms with Crippen LogP contribution in [0.2, 0.25) is 6.04 Å². The lowest BCUT2D eigenvalue weighted by molar-refractivity contribution is -0.908. The molecule has 0 aromatic rings. The van der Waals surface area contributed by atoms with Gasteiger partial charge in [0.1, 0.15) is 13.1 Å². The molecule has 0 bridgehead atoms. The van der Waals surface area contributed by atoms with Crippen LogP contribution in [0.25, 0.3) is 0 Å². The van der Waals surface area contributed by atoms with E-state index in [2.05, 4.69) is 0 Å². The second-order valence-electron chi connectivity index (χ2n) is 4.97. The third-order valence-corrected chi connectivity index (χ3v) is 6.35. The molecule has 0 aliphatic rings. The molecule has 0 saturated carbocycles. The molecule has 0 atom stereocenters. The molecule has 130 valence electrons. The summed E-state index contributed by atoms with van der Waals surface area (Å²) in [5.41, 5.74) is 0. The number of aliphatic hydroxyl groups is 2. The minimum Gasteiger partial charge on any atom is -1.00 e. The average Bonchev–Trinajstić information content (AvgIpc) is 2.38. The highest BCUT2D eigenvalue weighted by atomic mass is 35.5. The van der Waals surface area contributed by atoms with Crippen molar-refractivity contribution in [3.63, 3.8) is 0 Å². The van der Waals surface area contributed by atoms with Crippen molar-refractivity contribution in [3.05, 3.63) is 0 Å². The molecule has 0 aromatic carbocycles. The minimum atomic E-state index is -2.64. The SMILES string of the molecule is CCO[Si](CC[N+](C)(CCO)CCO)(OCC)OCC.[Cl-]. The summed E-state index contributed by atoms with van der Waals surface area (Å²) in [6.45, 7) is 9.69. The summed E-state index contributed by atoms with van der Waals surface area (Å²) in [4.78, 5) is 0. The first-order valence-corrected chi connectivity index (χ1v) is 9.41. The maximum atomic E-state index is 9.19. The monoisotopic (exact) mass is 345 g/mol. The van der Waals surface area contributed by atoms with Crippen LogP contribution < -0.4 is 12.4 Å². The van der Waals surface area contributed by atoms with E-state index in [0.717, 1.165) is 6.54 Å². The van der Waals surface area contributed by atoms with Crippen molar-refractivity contribution in [1.82, 2.24) is 0 Å². The highest BCUT2D eigenvalue weighted by molar-refractivity contribution is 6.60. The topological polar surface area (TPSA) is 68.2 Å². The van der Waals surface area contributed by atoms with E-state index >= 15 is 0 Å². The van der Waals surface area contributed by atoms with Gasteiger partial charge in [0.25, 0.3) is 0 Å². The summed E-state index contributed by atoms with van der Waals surface area (Å²) in [7, 11) is -0.619. The first-order valence-electron chi connectivity index (χ1n) is 7.48. The number of hydrogen-bond acceptors (Lipinski definition) is 5. The average molecular weight is 346 g/mol. The summed E-state index contributed by atoms with van der Waals surface area (Å²) < 4.78 is 18.1. The maximum Gasteiger partial charge on any atom is 0.506 e. The Hall–Kier alpha value is 0.267. The zero-order valence-corrected chi connectivity index (χ0v) is 15.6. The number of nitrogens with zero attached hydrogens (tertiary/aromatic N) is 1. The second kappa shape index (κ2) is 12.8. The number of quaternary nitrogens is 1. The number of hydrogen-bond donors (Lipinski definition) is 2. The van der Waals surface area contributed by atoms with Gasteiger partial charge in [-0.15, -0.1) is 0 Å². The highest BCUT2D eigenvalue weighted by Gasteiger charge is 2.42. The molecule has 0 aliphatic carbocycles. The molecule has 6 nitrogen and oxygen atoms in total. The lowest BCUT2D eigenvalue weighted by Crippen LogP contribution is -3.00. The quantitative estimate of drug-likeness (QED) is 0.285. The van der Waals surface area contributed by atoms with Gasteiger partial charge in [-0.3, -0.25) is 0 Å². The fourth-order valence-electron chi connectivity index (χ4n) is 2.23. The van der Waals surface area contributed by atoms with Gasteiger partial charge in [0.05, 0.1) is 32.9 Å². The summed E-state index contributed by atoms with van der Waals surface area (Å²) in [5.74, 6) is 0. The van der Waals surface area contributed by atoms with Crippen LogP contribution in [0, 0.1) is 0 Å². The van der Waals surface area contributed by atoms with Gasteiger partial charge in [-0.1, -0.05) is 0 Å². The Morgan fingerprint density at radius 3 is 1.48 bits per heavy atom. The molecular weight excluding hydrogens is 314 g/mol. The maximum absolute atomic E-state index is 9.19. The molecule has 0 heterocycles. The van der Waals surface area contributed by atoms with E-state index in [9.17, 15) is 10.2 Å². The normalized spacial score (nSPS) is 12.3. The van der Waals surface area contributed by atoms with Gasteiger partial charge in [0.2, 0.25) is 0 Å². The Balaban J connectivity index is 0. The molecule has 8 heteroatoms. The zero-order chi connectivity index (χ0) is 15.5. The molecule has 0 fully saturated rings. The van der Waals surface area contributed by atoms with Crippen molar-refractivity contribution in [1.29, 1.82) is 0 Å². The Morgan fingerprint density at radius 1 is 0.810 bits per heavy atom. The van der Waals surface area contributed by atoms with E-state index in [1.807, 2.05) is 27.8 Å². The van der Waals surface area contributed by atoms with E-state index in [1.54, 1.807) is 0 Å². The molecule has 0 unspecified atom stereocenters. The molecule has 0 saturated heterocycles. The lowest BCUT2D eigenvalue weighted by atomic mass is 10.4. The summed E-state index contributed by atoms with van der Waals surface area (Å²) in [6, 6.07) is 0.693. The van der Waals surface area contributed by atoms with Gasteiger partial charge < -0.3 is 40.4 Å². The molecule has 2 N–H and O–H groups in total. The summed E-state index contributed by atoms with van der Waals surface area (Å²) >= 11 is 0. The molecule has 0 rings (SSSR count). The van der Waals surface area contributed by atoms with Crippen LogP contribution >= 0.6 is 0 Å². The van der Waals surface area contributed by atoms with E-state index in [4.69, 9.17) is 13.3 Å². The lowest BCUT2D eigenvalue weighted by Gasteiger charge is -2.36. The number of halogens is 1. The molecule has 0 spiro atoms. The molecule has 21 heavy (non-hydrogen) atoms. The van der Waals surface area contributed by atoms with Crippen LogP contribution in [0.1, 0.15) is 20.8 Å². The number of aliphatic hydroxyl groups excluding tert-OH is 2. The fourth-order valence-corrected chi connectivity index (χ4v) is 5.04.